The quantitative estimate of drug-likeness (QED) is 0.647. The first kappa shape index (κ1) is 17.7. The van der Waals surface area contributed by atoms with E-state index in [1.165, 1.54) is 5.56 Å². The summed E-state index contributed by atoms with van der Waals surface area (Å²) in [5, 5.41) is 6.77. The molecule has 0 amide bonds. The van der Waals surface area contributed by atoms with Crippen LogP contribution in [0.3, 0.4) is 0 Å². The van der Waals surface area contributed by atoms with Crippen LogP contribution in [0.1, 0.15) is 23.9 Å². The van der Waals surface area contributed by atoms with Gasteiger partial charge in [-0.1, -0.05) is 37.3 Å². The van der Waals surface area contributed by atoms with Crippen LogP contribution in [0.4, 0.5) is 17.3 Å². The fraction of sp³-hybridized carbons (Fsp3) is 0.238. The van der Waals surface area contributed by atoms with Gasteiger partial charge in [0.1, 0.15) is 23.2 Å². The second kappa shape index (κ2) is 8.34. The van der Waals surface area contributed by atoms with Gasteiger partial charge < -0.3 is 15.4 Å². The molecule has 3 rings (SSSR count). The first-order valence-electron chi connectivity index (χ1n) is 8.75. The van der Waals surface area contributed by atoms with Crippen LogP contribution in [0, 0.1) is 6.92 Å². The first-order chi connectivity index (χ1) is 12.7. The predicted molar refractivity (Wildman–Crippen MR) is 106 cm³/mol. The van der Waals surface area contributed by atoms with Gasteiger partial charge in [0, 0.05) is 18.3 Å². The Bertz CT molecular complexity index is 862. The van der Waals surface area contributed by atoms with Gasteiger partial charge in [0.15, 0.2) is 0 Å². The summed E-state index contributed by atoms with van der Waals surface area (Å²) in [7, 11) is 1.67. The van der Waals surface area contributed by atoms with Crippen LogP contribution in [0.25, 0.3) is 0 Å². The third-order valence-corrected chi connectivity index (χ3v) is 4.13. The maximum absolute atomic E-state index is 5.19. The summed E-state index contributed by atoms with van der Waals surface area (Å²) in [4.78, 5) is 8.98. The molecule has 0 aliphatic rings. The molecule has 0 radical (unpaired) electrons. The molecule has 2 aromatic carbocycles. The highest BCUT2D eigenvalue weighted by Gasteiger charge is 2.05. The van der Waals surface area contributed by atoms with Crippen LogP contribution in [0.5, 0.6) is 5.75 Å². The van der Waals surface area contributed by atoms with Crippen molar-refractivity contribution in [1.29, 1.82) is 0 Å². The zero-order valence-electron chi connectivity index (χ0n) is 15.4. The van der Waals surface area contributed by atoms with Crippen molar-refractivity contribution in [3.8, 4) is 5.75 Å². The van der Waals surface area contributed by atoms with E-state index in [4.69, 9.17) is 4.74 Å². The molecule has 2 N–H and O–H groups in total. The average Bonchev–Trinajstić information content (AvgIpc) is 2.67. The minimum absolute atomic E-state index is 0.686. The second-order valence-corrected chi connectivity index (χ2v) is 6.02. The van der Waals surface area contributed by atoms with Gasteiger partial charge in [0.05, 0.1) is 7.11 Å². The lowest BCUT2D eigenvalue weighted by Gasteiger charge is -2.12. The zero-order valence-corrected chi connectivity index (χ0v) is 15.4. The summed E-state index contributed by atoms with van der Waals surface area (Å²) in [6.45, 7) is 4.73. The Hall–Kier alpha value is -3.08. The van der Waals surface area contributed by atoms with Crippen molar-refractivity contribution in [3.05, 3.63) is 71.5 Å². The molecule has 0 fully saturated rings. The number of hydrogen-bond acceptors (Lipinski definition) is 5. The molecular weight excluding hydrogens is 324 g/mol. The number of hydrogen-bond donors (Lipinski definition) is 2. The molecule has 0 aliphatic heterocycles. The summed E-state index contributed by atoms with van der Waals surface area (Å²) >= 11 is 0. The topological polar surface area (TPSA) is 59.1 Å². The standard InChI is InChI=1S/C21H24N4O/c1-4-17-7-5-6-8-19(17)25-21-13-20(23-15(2)24-21)22-14-16-9-11-18(26-3)12-10-16/h5-13H,4,14H2,1-3H3,(H2,22,23,24,25). The number of benzene rings is 2. The van der Waals surface area contributed by atoms with Gasteiger partial charge in [-0.3, -0.25) is 0 Å². The number of methoxy groups -OCH3 is 1. The van der Waals surface area contributed by atoms with E-state index in [-0.39, 0.29) is 0 Å². The van der Waals surface area contributed by atoms with Crippen LogP contribution < -0.4 is 15.4 Å². The van der Waals surface area contributed by atoms with Crippen LogP contribution in [0.2, 0.25) is 0 Å². The van der Waals surface area contributed by atoms with E-state index in [0.717, 1.165) is 40.9 Å². The Morgan fingerprint density at radius 1 is 0.962 bits per heavy atom. The van der Waals surface area contributed by atoms with Gasteiger partial charge >= 0.3 is 0 Å². The molecule has 0 saturated carbocycles. The number of para-hydroxylation sites is 1. The molecule has 0 aliphatic carbocycles. The normalized spacial score (nSPS) is 10.4. The van der Waals surface area contributed by atoms with Crippen molar-refractivity contribution in [1.82, 2.24) is 9.97 Å². The SMILES string of the molecule is CCc1ccccc1Nc1cc(NCc2ccc(OC)cc2)nc(C)n1. The highest BCUT2D eigenvalue weighted by atomic mass is 16.5. The van der Waals surface area contributed by atoms with Crippen LogP contribution in [0.15, 0.2) is 54.6 Å². The van der Waals surface area contributed by atoms with Gasteiger partial charge in [-0.2, -0.15) is 0 Å². The lowest BCUT2D eigenvalue weighted by molar-refractivity contribution is 0.414. The Kier molecular flexibility index (Phi) is 5.69. The van der Waals surface area contributed by atoms with E-state index in [1.807, 2.05) is 43.3 Å². The molecule has 3 aromatic rings. The van der Waals surface area contributed by atoms with Gasteiger partial charge in [-0.15, -0.1) is 0 Å². The summed E-state index contributed by atoms with van der Waals surface area (Å²) < 4.78 is 5.19. The Morgan fingerprint density at radius 3 is 2.42 bits per heavy atom. The molecule has 26 heavy (non-hydrogen) atoms. The molecule has 0 atom stereocenters. The van der Waals surface area contributed by atoms with Crippen molar-refractivity contribution in [2.45, 2.75) is 26.8 Å². The van der Waals surface area contributed by atoms with Crippen LogP contribution in [-0.4, -0.2) is 17.1 Å². The molecule has 5 heteroatoms. The van der Waals surface area contributed by atoms with Gasteiger partial charge in [0.25, 0.3) is 0 Å². The largest absolute Gasteiger partial charge is 0.497 e. The lowest BCUT2D eigenvalue weighted by Crippen LogP contribution is -2.05. The number of anilines is 3. The number of aryl methyl sites for hydroxylation is 2. The van der Waals surface area contributed by atoms with Crippen molar-refractivity contribution in [3.63, 3.8) is 0 Å². The summed E-state index contributed by atoms with van der Waals surface area (Å²) in [6.07, 6.45) is 0.968. The van der Waals surface area contributed by atoms with Gasteiger partial charge in [-0.05, 0) is 42.7 Å². The summed E-state index contributed by atoms with van der Waals surface area (Å²) in [5.41, 5.74) is 3.50. The molecule has 0 unspecified atom stereocenters. The molecule has 0 spiro atoms. The molecule has 1 heterocycles. The van der Waals surface area contributed by atoms with Gasteiger partial charge in [0.2, 0.25) is 0 Å². The Labute approximate surface area is 154 Å². The minimum atomic E-state index is 0.686. The lowest BCUT2D eigenvalue weighted by atomic mass is 10.1. The Morgan fingerprint density at radius 2 is 1.69 bits per heavy atom. The smallest absolute Gasteiger partial charge is 0.136 e. The third-order valence-electron chi connectivity index (χ3n) is 4.13. The van der Waals surface area contributed by atoms with Gasteiger partial charge in [-0.25, -0.2) is 9.97 Å². The number of rotatable bonds is 7. The molecule has 5 nitrogen and oxygen atoms in total. The van der Waals surface area contributed by atoms with E-state index < -0.39 is 0 Å². The summed E-state index contributed by atoms with van der Waals surface area (Å²) in [6, 6.07) is 18.2. The molecule has 134 valence electrons. The minimum Gasteiger partial charge on any atom is -0.497 e. The average molecular weight is 348 g/mol. The maximum atomic E-state index is 5.19. The summed E-state index contributed by atoms with van der Waals surface area (Å²) in [5.74, 6) is 3.16. The molecule has 1 aromatic heterocycles. The van der Waals surface area contributed by atoms with E-state index in [1.54, 1.807) is 7.11 Å². The van der Waals surface area contributed by atoms with E-state index in [0.29, 0.717) is 6.54 Å². The monoisotopic (exact) mass is 348 g/mol. The molecular formula is C21H24N4O. The predicted octanol–water partition coefficient (Wildman–Crippen LogP) is 4.71. The van der Waals surface area contributed by atoms with Crippen LogP contribution >= 0.6 is 0 Å². The van der Waals surface area contributed by atoms with E-state index >= 15 is 0 Å². The maximum Gasteiger partial charge on any atom is 0.136 e. The van der Waals surface area contributed by atoms with E-state index in [9.17, 15) is 0 Å². The fourth-order valence-corrected chi connectivity index (χ4v) is 2.75. The zero-order chi connectivity index (χ0) is 18.4. The van der Waals surface area contributed by atoms with Crippen LogP contribution in [-0.2, 0) is 13.0 Å². The number of nitrogens with one attached hydrogen (secondary N) is 2. The van der Waals surface area contributed by atoms with Crippen molar-refractivity contribution < 1.29 is 4.74 Å². The fourth-order valence-electron chi connectivity index (χ4n) is 2.75. The van der Waals surface area contributed by atoms with Crippen molar-refractivity contribution >= 4 is 17.3 Å². The molecule has 0 saturated heterocycles. The van der Waals surface area contributed by atoms with Crippen molar-refractivity contribution in [2.75, 3.05) is 17.7 Å². The first-order valence-corrected chi connectivity index (χ1v) is 8.75. The number of ether oxygens (including phenoxy) is 1. The number of aromatic nitrogens is 2. The highest BCUT2D eigenvalue weighted by Crippen LogP contribution is 2.22. The van der Waals surface area contributed by atoms with E-state index in [2.05, 4.69) is 45.7 Å². The second-order valence-electron chi connectivity index (χ2n) is 6.02. The Balaban J connectivity index is 1.72. The third kappa shape index (κ3) is 4.51. The highest BCUT2D eigenvalue weighted by molar-refractivity contribution is 5.62. The van der Waals surface area contributed by atoms with Crippen molar-refractivity contribution in [2.24, 2.45) is 0 Å². The number of nitrogens with zero attached hydrogens (tertiary/aromatic N) is 2. The molecule has 0 bridgehead atoms.